The highest BCUT2D eigenvalue weighted by molar-refractivity contribution is 6.47. The monoisotopic (exact) mass is 777 g/mol. The Morgan fingerprint density at radius 2 is 1.69 bits per heavy atom. The molecule has 1 fully saturated rings. The Balaban J connectivity index is 1.28. The molecule has 54 heavy (non-hydrogen) atoms. The first-order valence-electron chi connectivity index (χ1n) is 15.8. The van der Waals surface area contributed by atoms with Gasteiger partial charge in [-0.1, -0.05) is 17.7 Å². The molecule has 0 spiro atoms. The van der Waals surface area contributed by atoms with Gasteiger partial charge in [-0.15, -0.1) is 0 Å². The molecule has 2 aliphatic rings. The number of hydrogen-bond donors (Lipinski definition) is 8. The Kier molecular flexibility index (Phi) is 11.4. The number of nitrogens with one attached hydrogen (secondary N) is 3. The van der Waals surface area contributed by atoms with Crippen LogP contribution in [0, 0.1) is 17.5 Å². The summed E-state index contributed by atoms with van der Waals surface area (Å²) in [6, 6.07) is 1.94. The first-order chi connectivity index (χ1) is 25.5. The number of rotatable bonds is 10. The third-order valence-corrected chi connectivity index (χ3v) is 8.83. The third kappa shape index (κ3) is 7.90. The Morgan fingerprint density at radius 3 is 2.37 bits per heavy atom. The number of imide groups is 1. The number of urea groups is 1. The van der Waals surface area contributed by atoms with Crippen LogP contribution in [-0.4, -0.2) is 110 Å². The number of carboxylic acid groups (broad SMARTS) is 1. The number of amides is 6. The number of hydrogen-bond acceptors (Lipinski definition) is 11. The summed E-state index contributed by atoms with van der Waals surface area (Å²) in [5.41, 5.74) is -1.82. The van der Waals surface area contributed by atoms with E-state index in [0.29, 0.717) is 11.0 Å². The molecule has 22 heteroatoms. The highest BCUT2D eigenvalue weighted by Gasteiger charge is 2.42. The SMILES string of the molecule is O=C(NCCCN1CCN(C(=O)NC(C(=O)NC2Cc3ccc(F)c(C(=O)O)c3OB2O)c2cc(F)c(O)c(O)c2Cl)C(=O)C1=O)c1ccc(O)cc1F. The van der Waals surface area contributed by atoms with Gasteiger partial charge in [0.2, 0.25) is 5.91 Å². The Hall–Kier alpha value is -6.22. The molecule has 0 aromatic heterocycles. The van der Waals surface area contributed by atoms with Crippen molar-refractivity contribution in [1.29, 1.82) is 0 Å². The summed E-state index contributed by atoms with van der Waals surface area (Å²) in [7, 11) is -1.99. The molecule has 17 nitrogen and oxygen atoms in total. The fourth-order valence-corrected chi connectivity index (χ4v) is 5.93. The lowest BCUT2D eigenvalue weighted by Gasteiger charge is -2.34. The lowest BCUT2D eigenvalue weighted by molar-refractivity contribution is -0.153. The fourth-order valence-electron chi connectivity index (χ4n) is 5.68. The number of aromatic hydroxyl groups is 3. The van der Waals surface area contributed by atoms with Crippen molar-refractivity contribution in [2.45, 2.75) is 24.8 Å². The highest BCUT2D eigenvalue weighted by atomic mass is 35.5. The molecule has 0 saturated carbocycles. The molecule has 2 unspecified atom stereocenters. The lowest BCUT2D eigenvalue weighted by Crippen LogP contribution is -2.60. The number of fused-ring (bicyclic) bond motifs is 1. The van der Waals surface area contributed by atoms with E-state index >= 15 is 0 Å². The zero-order valence-corrected chi connectivity index (χ0v) is 28.2. The number of carbonyl (C=O) groups excluding carboxylic acids is 5. The number of phenolic OH excluding ortho intramolecular Hbond substituents is 3. The Labute approximate surface area is 307 Å². The molecule has 1 saturated heterocycles. The maximum atomic E-state index is 14.6. The van der Waals surface area contributed by atoms with Crippen molar-refractivity contribution >= 4 is 54.3 Å². The molecule has 3 aromatic rings. The van der Waals surface area contributed by atoms with Gasteiger partial charge in [-0.2, -0.15) is 0 Å². The normalized spacial score (nSPS) is 15.9. The van der Waals surface area contributed by atoms with Gasteiger partial charge in [0.15, 0.2) is 17.3 Å². The number of halogens is 4. The van der Waals surface area contributed by atoms with Gasteiger partial charge in [-0.3, -0.25) is 24.1 Å². The molecule has 3 aromatic carbocycles. The summed E-state index contributed by atoms with van der Waals surface area (Å²) in [5.74, 6) is -14.7. The summed E-state index contributed by atoms with van der Waals surface area (Å²) in [6.45, 7) is -0.776. The smallest absolute Gasteiger partial charge is 0.534 e. The number of phenols is 3. The average molecular weight is 778 g/mol. The molecule has 5 rings (SSSR count). The van der Waals surface area contributed by atoms with Crippen LogP contribution >= 0.6 is 11.6 Å². The van der Waals surface area contributed by atoms with E-state index in [1.165, 1.54) is 0 Å². The summed E-state index contributed by atoms with van der Waals surface area (Å²) in [4.78, 5) is 78.3. The van der Waals surface area contributed by atoms with Gasteiger partial charge in [0.25, 0.3) is 5.91 Å². The molecule has 2 heterocycles. The van der Waals surface area contributed by atoms with E-state index in [-0.39, 0.29) is 49.4 Å². The minimum absolute atomic E-state index is 0.0481. The second kappa shape index (κ2) is 15.8. The minimum Gasteiger partial charge on any atom is -0.534 e. The predicted molar refractivity (Wildman–Crippen MR) is 177 cm³/mol. The van der Waals surface area contributed by atoms with Crippen molar-refractivity contribution in [2.75, 3.05) is 26.2 Å². The van der Waals surface area contributed by atoms with Crippen LogP contribution in [0.2, 0.25) is 5.02 Å². The van der Waals surface area contributed by atoms with Crippen molar-refractivity contribution in [3.8, 4) is 23.0 Å². The average Bonchev–Trinajstić information content (AvgIpc) is 3.11. The maximum absolute atomic E-state index is 14.6. The molecule has 8 N–H and O–H groups in total. The molecule has 0 radical (unpaired) electrons. The largest absolute Gasteiger partial charge is 0.547 e. The van der Waals surface area contributed by atoms with E-state index in [1.807, 2.05) is 0 Å². The van der Waals surface area contributed by atoms with Crippen molar-refractivity contribution in [3.63, 3.8) is 0 Å². The highest BCUT2D eigenvalue weighted by Crippen LogP contribution is 2.40. The molecule has 0 bridgehead atoms. The fraction of sp³-hybridized carbons (Fsp3) is 0.250. The quantitative estimate of drug-likeness (QED) is 0.0620. The zero-order chi connectivity index (χ0) is 39.6. The molecular weight excluding hydrogens is 750 g/mol. The van der Waals surface area contributed by atoms with Crippen molar-refractivity contribution in [1.82, 2.24) is 25.8 Å². The van der Waals surface area contributed by atoms with Gasteiger partial charge in [-0.05, 0) is 42.7 Å². The number of carboxylic acids is 1. The summed E-state index contributed by atoms with van der Waals surface area (Å²) in [5, 5.41) is 55.3. The number of carbonyl (C=O) groups is 6. The van der Waals surface area contributed by atoms with Crippen LogP contribution in [0.4, 0.5) is 18.0 Å². The van der Waals surface area contributed by atoms with Gasteiger partial charge < -0.3 is 51.0 Å². The van der Waals surface area contributed by atoms with Gasteiger partial charge in [0, 0.05) is 37.8 Å². The van der Waals surface area contributed by atoms with Crippen LogP contribution in [0.1, 0.15) is 44.3 Å². The standard InChI is InChI=1S/C32H28BClF3N5O12/c34-22-16(12-19(37)24(44)25(22)45)23(28(47)39-20-10-13-2-5-17(35)21(31(50)51)26(13)54-33(20)53)40-32(52)42-9-8-41(29(48)30(42)49)7-1-6-38-27(46)15-4-3-14(43)11-18(15)36/h2-5,11-12,20,23,43-45,53H,1,6-10H2,(H,38,46)(H,39,47)(H,40,52)(H,50,51). The maximum Gasteiger partial charge on any atom is 0.547 e. The number of aromatic carboxylic acids is 1. The van der Waals surface area contributed by atoms with Gasteiger partial charge in [-0.25, -0.2) is 22.8 Å². The zero-order valence-electron chi connectivity index (χ0n) is 27.4. The summed E-state index contributed by atoms with van der Waals surface area (Å²) >= 11 is 6.11. The molecule has 2 atom stereocenters. The van der Waals surface area contributed by atoms with Crippen molar-refractivity contribution in [2.24, 2.45) is 0 Å². The van der Waals surface area contributed by atoms with Crippen LogP contribution in [-0.2, 0) is 20.8 Å². The molecule has 284 valence electrons. The Bertz CT molecular complexity index is 2080. The van der Waals surface area contributed by atoms with Gasteiger partial charge in [0.1, 0.15) is 34.7 Å². The second-order valence-corrected chi connectivity index (χ2v) is 12.3. The summed E-state index contributed by atoms with van der Waals surface area (Å²) < 4.78 is 47.9. The topological polar surface area (TPSA) is 255 Å². The second-order valence-electron chi connectivity index (χ2n) is 11.9. The van der Waals surface area contributed by atoms with Crippen molar-refractivity contribution in [3.05, 3.63) is 81.1 Å². The van der Waals surface area contributed by atoms with Crippen LogP contribution in [0.15, 0.2) is 36.4 Å². The predicted octanol–water partition coefficient (Wildman–Crippen LogP) is 0.954. The molecule has 6 amide bonds. The van der Waals surface area contributed by atoms with Crippen LogP contribution in [0.25, 0.3) is 0 Å². The van der Waals surface area contributed by atoms with E-state index in [2.05, 4.69) is 16.0 Å². The van der Waals surface area contributed by atoms with Crippen molar-refractivity contribution < 1.29 is 72.0 Å². The first kappa shape index (κ1) is 39.0. The lowest BCUT2D eigenvalue weighted by atomic mass is 9.72. The van der Waals surface area contributed by atoms with E-state index in [0.717, 1.165) is 35.2 Å². The van der Waals surface area contributed by atoms with Crippen LogP contribution in [0.3, 0.4) is 0 Å². The van der Waals surface area contributed by atoms with E-state index in [9.17, 15) is 67.4 Å². The van der Waals surface area contributed by atoms with E-state index in [4.69, 9.17) is 16.3 Å². The molecule has 0 aliphatic carbocycles. The summed E-state index contributed by atoms with van der Waals surface area (Å²) in [6.07, 6.45) is -0.250. The third-order valence-electron chi connectivity index (χ3n) is 8.43. The number of nitrogens with zero attached hydrogens (tertiary/aromatic N) is 2. The van der Waals surface area contributed by atoms with Gasteiger partial charge >= 0.3 is 30.9 Å². The number of benzene rings is 3. The number of piperazine rings is 1. The first-order valence-corrected chi connectivity index (χ1v) is 16.2. The van der Waals surface area contributed by atoms with Crippen LogP contribution < -0.4 is 20.6 Å². The van der Waals surface area contributed by atoms with Crippen LogP contribution in [0.5, 0.6) is 23.0 Å². The van der Waals surface area contributed by atoms with E-state index in [1.54, 1.807) is 0 Å². The van der Waals surface area contributed by atoms with Gasteiger partial charge in [0.05, 0.1) is 16.5 Å². The Morgan fingerprint density at radius 1 is 0.963 bits per heavy atom. The molecule has 2 aliphatic heterocycles. The molecular formula is C32H28BClF3N5O12. The van der Waals surface area contributed by atoms with E-state index < -0.39 is 112 Å². The minimum atomic E-state index is -2.09.